The highest BCUT2D eigenvalue weighted by Gasteiger charge is 2.22. The molecule has 3 rings (SSSR count). The minimum atomic E-state index is 0.629. The maximum absolute atomic E-state index is 5.39. The highest BCUT2D eigenvalue weighted by Crippen LogP contribution is 2.36. The number of rotatable bonds is 2. The summed E-state index contributed by atoms with van der Waals surface area (Å²) in [4.78, 5) is 0. The second-order valence-electron chi connectivity index (χ2n) is 5.48. The van der Waals surface area contributed by atoms with Gasteiger partial charge in [0.25, 0.3) is 0 Å². The van der Waals surface area contributed by atoms with E-state index in [4.69, 9.17) is 4.74 Å². The Morgan fingerprint density at radius 1 is 1.37 bits per heavy atom. The van der Waals surface area contributed by atoms with Gasteiger partial charge in [0, 0.05) is 30.2 Å². The molecule has 19 heavy (non-hydrogen) atoms. The molecule has 1 aromatic heterocycles. The lowest BCUT2D eigenvalue weighted by Gasteiger charge is -2.23. The molecule has 1 fully saturated rings. The standard InChI is InChI=1S/C16H22N2O/c1-11-16(12-5-4-8-17-10-12)14-9-13(19-3)6-7-15(14)18(11)2/h6-7,9,12,17H,4-5,8,10H2,1-3H3. The summed E-state index contributed by atoms with van der Waals surface area (Å²) in [5, 5.41) is 4.88. The molecule has 0 saturated carbocycles. The second-order valence-corrected chi connectivity index (χ2v) is 5.48. The first-order chi connectivity index (χ1) is 9.22. The summed E-state index contributed by atoms with van der Waals surface area (Å²) in [6.45, 7) is 4.48. The number of benzene rings is 1. The Morgan fingerprint density at radius 3 is 2.89 bits per heavy atom. The molecule has 0 bridgehead atoms. The number of nitrogens with one attached hydrogen (secondary N) is 1. The lowest BCUT2D eigenvalue weighted by atomic mass is 9.89. The lowest BCUT2D eigenvalue weighted by Crippen LogP contribution is -2.28. The lowest BCUT2D eigenvalue weighted by molar-refractivity contribution is 0.415. The van der Waals surface area contributed by atoms with Crippen LogP contribution in [-0.4, -0.2) is 24.8 Å². The van der Waals surface area contributed by atoms with E-state index in [-0.39, 0.29) is 0 Å². The van der Waals surface area contributed by atoms with E-state index in [0.717, 1.165) is 18.8 Å². The zero-order valence-electron chi connectivity index (χ0n) is 12.0. The Labute approximate surface area is 114 Å². The number of piperidine rings is 1. The van der Waals surface area contributed by atoms with E-state index in [1.807, 2.05) is 6.07 Å². The van der Waals surface area contributed by atoms with Gasteiger partial charge in [0.1, 0.15) is 5.75 Å². The molecule has 0 aliphatic carbocycles. The molecule has 1 atom stereocenters. The van der Waals surface area contributed by atoms with E-state index in [2.05, 4.69) is 36.0 Å². The fourth-order valence-corrected chi connectivity index (χ4v) is 3.32. The van der Waals surface area contributed by atoms with Crippen molar-refractivity contribution in [3.63, 3.8) is 0 Å². The number of ether oxygens (including phenoxy) is 1. The smallest absolute Gasteiger partial charge is 0.119 e. The molecular weight excluding hydrogens is 236 g/mol. The van der Waals surface area contributed by atoms with Crippen LogP contribution in [0.5, 0.6) is 5.75 Å². The third kappa shape index (κ3) is 2.02. The highest BCUT2D eigenvalue weighted by molar-refractivity contribution is 5.87. The third-order valence-electron chi connectivity index (χ3n) is 4.45. The summed E-state index contributed by atoms with van der Waals surface area (Å²) in [6, 6.07) is 6.40. The van der Waals surface area contributed by atoms with Crippen molar-refractivity contribution in [1.29, 1.82) is 0 Å². The summed E-state index contributed by atoms with van der Waals surface area (Å²) in [5.74, 6) is 1.58. The topological polar surface area (TPSA) is 26.2 Å². The fraction of sp³-hybridized carbons (Fsp3) is 0.500. The Bertz CT molecular complexity index is 594. The summed E-state index contributed by atoms with van der Waals surface area (Å²) in [6.07, 6.45) is 2.55. The zero-order chi connectivity index (χ0) is 13.4. The van der Waals surface area contributed by atoms with Crippen molar-refractivity contribution in [2.24, 2.45) is 7.05 Å². The van der Waals surface area contributed by atoms with Gasteiger partial charge in [-0.05, 0) is 56.0 Å². The van der Waals surface area contributed by atoms with Gasteiger partial charge in [0.2, 0.25) is 0 Å². The maximum atomic E-state index is 5.39. The van der Waals surface area contributed by atoms with Crippen LogP contribution in [0.1, 0.15) is 30.0 Å². The number of fused-ring (bicyclic) bond motifs is 1. The molecule has 3 nitrogen and oxygen atoms in total. The van der Waals surface area contributed by atoms with E-state index < -0.39 is 0 Å². The summed E-state index contributed by atoms with van der Waals surface area (Å²) in [5.41, 5.74) is 4.19. The first kappa shape index (κ1) is 12.5. The van der Waals surface area contributed by atoms with Crippen molar-refractivity contribution in [2.75, 3.05) is 20.2 Å². The monoisotopic (exact) mass is 258 g/mol. The van der Waals surface area contributed by atoms with Gasteiger partial charge >= 0.3 is 0 Å². The second kappa shape index (κ2) is 4.89. The van der Waals surface area contributed by atoms with Crippen LogP contribution in [0.2, 0.25) is 0 Å². The molecule has 0 radical (unpaired) electrons. The van der Waals surface area contributed by atoms with Crippen LogP contribution in [0, 0.1) is 6.92 Å². The molecule has 1 aliphatic rings. The molecule has 1 unspecified atom stereocenters. The van der Waals surface area contributed by atoms with E-state index in [9.17, 15) is 0 Å². The Hall–Kier alpha value is -1.48. The first-order valence-electron chi connectivity index (χ1n) is 7.06. The van der Waals surface area contributed by atoms with Gasteiger partial charge in [0.15, 0.2) is 0 Å². The van der Waals surface area contributed by atoms with Crippen molar-refractivity contribution in [2.45, 2.75) is 25.7 Å². The summed E-state index contributed by atoms with van der Waals surface area (Å²) < 4.78 is 7.69. The Morgan fingerprint density at radius 2 is 2.21 bits per heavy atom. The van der Waals surface area contributed by atoms with E-state index in [1.54, 1.807) is 7.11 Å². The van der Waals surface area contributed by atoms with Crippen LogP contribution < -0.4 is 10.1 Å². The molecule has 102 valence electrons. The van der Waals surface area contributed by atoms with Crippen LogP contribution in [0.3, 0.4) is 0 Å². The minimum Gasteiger partial charge on any atom is -0.497 e. The molecule has 1 aliphatic heterocycles. The number of methoxy groups -OCH3 is 1. The Balaban J connectivity index is 2.17. The van der Waals surface area contributed by atoms with Crippen molar-refractivity contribution in [1.82, 2.24) is 9.88 Å². The number of hydrogen-bond donors (Lipinski definition) is 1. The van der Waals surface area contributed by atoms with Crippen molar-refractivity contribution < 1.29 is 4.74 Å². The van der Waals surface area contributed by atoms with Crippen LogP contribution in [-0.2, 0) is 7.05 Å². The van der Waals surface area contributed by atoms with Gasteiger partial charge in [-0.1, -0.05) is 0 Å². The van der Waals surface area contributed by atoms with Gasteiger partial charge in [-0.3, -0.25) is 0 Å². The van der Waals surface area contributed by atoms with Crippen molar-refractivity contribution in [3.05, 3.63) is 29.5 Å². The average molecular weight is 258 g/mol. The number of aryl methyl sites for hydroxylation is 1. The molecule has 1 aromatic carbocycles. The summed E-state index contributed by atoms with van der Waals surface area (Å²) >= 11 is 0. The van der Waals surface area contributed by atoms with Crippen LogP contribution >= 0.6 is 0 Å². The molecule has 3 heteroatoms. The molecule has 1 saturated heterocycles. The maximum Gasteiger partial charge on any atom is 0.119 e. The van der Waals surface area contributed by atoms with Gasteiger partial charge in [-0.2, -0.15) is 0 Å². The van der Waals surface area contributed by atoms with Gasteiger partial charge in [-0.25, -0.2) is 0 Å². The van der Waals surface area contributed by atoms with Gasteiger partial charge in [0.05, 0.1) is 7.11 Å². The largest absolute Gasteiger partial charge is 0.497 e. The average Bonchev–Trinajstić information content (AvgIpc) is 2.71. The third-order valence-corrected chi connectivity index (χ3v) is 4.45. The molecule has 2 aromatic rings. The van der Waals surface area contributed by atoms with Crippen molar-refractivity contribution in [3.8, 4) is 5.75 Å². The van der Waals surface area contributed by atoms with E-state index in [0.29, 0.717) is 5.92 Å². The predicted molar refractivity (Wildman–Crippen MR) is 79.1 cm³/mol. The van der Waals surface area contributed by atoms with Gasteiger partial charge in [-0.15, -0.1) is 0 Å². The zero-order valence-corrected chi connectivity index (χ0v) is 12.0. The quantitative estimate of drug-likeness (QED) is 0.896. The normalized spacial score (nSPS) is 19.8. The minimum absolute atomic E-state index is 0.629. The number of aromatic nitrogens is 1. The molecule has 0 amide bonds. The number of nitrogens with zero attached hydrogens (tertiary/aromatic N) is 1. The number of hydrogen-bond acceptors (Lipinski definition) is 2. The summed E-state index contributed by atoms with van der Waals surface area (Å²) in [7, 11) is 3.89. The predicted octanol–water partition coefficient (Wildman–Crippen LogP) is 2.96. The SMILES string of the molecule is COc1ccc2c(c1)c(C1CCCNC1)c(C)n2C. The molecule has 2 heterocycles. The van der Waals surface area contributed by atoms with Crippen LogP contribution in [0.25, 0.3) is 10.9 Å². The first-order valence-corrected chi connectivity index (χ1v) is 7.06. The van der Waals surface area contributed by atoms with Crippen LogP contribution in [0.15, 0.2) is 18.2 Å². The molecule has 1 N–H and O–H groups in total. The Kier molecular flexibility index (Phi) is 3.23. The van der Waals surface area contributed by atoms with E-state index in [1.165, 1.54) is 35.0 Å². The van der Waals surface area contributed by atoms with Crippen molar-refractivity contribution >= 4 is 10.9 Å². The fourth-order valence-electron chi connectivity index (χ4n) is 3.32. The highest BCUT2D eigenvalue weighted by atomic mass is 16.5. The van der Waals surface area contributed by atoms with Crippen LogP contribution in [0.4, 0.5) is 0 Å². The molecule has 0 spiro atoms. The van der Waals surface area contributed by atoms with E-state index >= 15 is 0 Å². The van der Waals surface area contributed by atoms with Gasteiger partial charge < -0.3 is 14.6 Å². The molecular formula is C16H22N2O.